The van der Waals surface area contributed by atoms with Gasteiger partial charge in [0, 0.05) is 12.2 Å². The molecule has 0 fully saturated rings. The molecule has 0 atom stereocenters. The van der Waals surface area contributed by atoms with Crippen molar-refractivity contribution in [2.45, 2.75) is 37.7 Å². The van der Waals surface area contributed by atoms with E-state index in [1.165, 1.54) is 0 Å². The summed E-state index contributed by atoms with van der Waals surface area (Å²) in [6.45, 7) is 4.69. The summed E-state index contributed by atoms with van der Waals surface area (Å²) in [5.41, 5.74) is 2.28. The average Bonchev–Trinajstić information content (AvgIpc) is 2.55. The van der Waals surface area contributed by atoms with Gasteiger partial charge in [0.15, 0.2) is 0 Å². The molecule has 1 aliphatic heterocycles. The number of para-hydroxylation sites is 1. The summed E-state index contributed by atoms with van der Waals surface area (Å²) in [7, 11) is -3.64. The van der Waals surface area contributed by atoms with Crippen LogP contribution in [0.25, 0.3) is 0 Å². The maximum Gasteiger partial charge on any atom is 0.263 e. The van der Waals surface area contributed by atoms with Gasteiger partial charge in [0.1, 0.15) is 10.6 Å². The number of aryl methyl sites for hydroxylation is 1. The molecule has 2 N–H and O–H groups in total. The minimum atomic E-state index is -3.64. The summed E-state index contributed by atoms with van der Waals surface area (Å²) in [4.78, 5) is 0.294. The second kappa shape index (κ2) is 6.73. The number of hydrogen-bond donors (Lipinski definition) is 2. The molecule has 0 unspecified atom stereocenters. The molecule has 6 heteroatoms. The van der Waals surface area contributed by atoms with Crippen LogP contribution in [0.5, 0.6) is 5.75 Å². The van der Waals surface area contributed by atoms with E-state index >= 15 is 0 Å². The summed E-state index contributed by atoms with van der Waals surface area (Å²) in [6, 6.07) is 12.3. The zero-order chi connectivity index (χ0) is 17.2. The number of anilines is 2. The van der Waals surface area contributed by atoms with E-state index in [0.717, 1.165) is 30.6 Å². The van der Waals surface area contributed by atoms with Gasteiger partial charge in [-0.15, -0.1) is 0 Å². The van der Waals surface area contributed by atoms with Crippen molar-refractivity contribution >= 4 is 21.4 Å². The van der Waals surface area contributed by atoms with Crippen LogP contribution in [0.1, 0.15) is 25.8 Å². The van der Waals surface area contributed by atoms with Crippen LogP contribution >= 0.6 is 0 Å². The van der Waals surface area contributed by atoms with Crippen LogP contribution < -0.4 is 14.8 Å². The van der Waals surface area contributed by atoms with Crippen molar-refractivity contribution < 1.29 is 13.2 Å². The van der Waals surface area contributed by atoms with Gasteiger partial charge in [-0.3, -0.25) is 4.72 Å². The Labute approximate surface area is 143 Å². The standard InChI is InChI=1S/C18H22N2O3S/c1-13(2)23-16-10-8-15(9-11-16)20-24(21,22)17-7-3-5-14-6-4-12-19-18(14)17/h3,5,7-11,13,19-20H,4,6,12H2,1-2H3. The molecule has 0 bridgehead atoms. The number of sulfonamides is 1. The SMILES string of the molecule is CC(C)Oc1ccc(NS(=O)(=O)c2cccc3c2NCCC3)cc1. The summed E-state index contributed by atoms with van der Waals surface area (Å²) < 4.78 is 33.7. The Hall–Kier alpha value is -2.21. The highest BCUT2D eigenvalue weighted by Crippen LogP contribution is 2.30. The van der Waals surface area contributed by atoms with Crippen molar-refractivity contribution in [1.29, 1.82) is 0 Å². The van der Waals surface area contributed by atoms with Gasteiger partial charge >= 0.3 is 0 Å². The van der Waals surface area contributed by atoms with Gasteiger partial charge in [0.25, 0.3) is 10.0 Å². The number of fused-ring (bicyclic) bond motifs is 1. The van der Waals surface area contributed by atoms with Gasteiger partial charge in [-0.1, -0.05) is 12.1 Å². The molecule has 0 saturated carbocycles. The molecule has 5 nitrogen and oxygen atoms in total. The number of benzene rings is 2. The van der Waals surface area contributed by atoms with Gasteiger partial charge in [-0.2, -0.15) is 0 Å². The normalized spacial score (nSPS) is 14.0. The first-order valence-corrected chi connectivity index (χ1v) is 9.59. The minimum Gasteiger partial charge on any atom is -0.491 e. The summed E-state index contributed by atoms with van der Waals surface area (Å²) in [5.74, 6) is 0.715. The lowest BCUT2D eigenvalue weighted by molar-refractivity contribution is 0.242. The molecule has 2 aromatic carbocycles. The molecule has 0 aromatic heterocycles. The van der Waals surface area contributed by atoms with E-state index in [4.69, 9.17) is 4.74 Å². The summed E-state index contributed by atoms with van der Waals surface area (Å²) in [5, 5.41) is 3.21. The molecule has 1 heterocycles. The van der Waals surface area contributed by atoms with E-state index in [2.05, 4.69) is 10.0 Å². The highest BCUT2D eigenvalue weighted by molar-refractivity contribution is 7.92. The van der Waals surface area contributed by atoms with Crippen LogP contribution in [0.4, 0.5) is 11.4 Å². The second-order valence-electron chi connectivity index (χ2n) is 6.12. The molecule has 3 rings (SSSR count). The van der Waals surface area contributed by atoms with Crippen LogP contribution in [-0.4, -0.2) is 21.1 Å². The lowest BCUT2D eigenvalue weighted by Crippen LogP contribution is -2.19. The van der Waals surface area contributed by atoms with Gasteiger partial charge in [0.05, 0.1) is 11.8 Å². The smallest absolute Gasteiger partial charge is 0.263 e. The Bertz CT molecular complexity index is 815. The third-order valence-corrected chi connectivity index (χ3v) is 5.23. The molecule has 0 aliphatic carbocycles. The van der Waals surface area contributed by atoms with E-state index in [-0.39, 0.29) is 6.10 Å². The molecule has 0 radical (unpaired) electrons. The van der Waals surface area contributed by atoms with Gasteiger partial charge in [0.2, 0.25) is 0 Å². The zero-order valence-electron chi connectivity index (χ0n) is 13.9. The Morgan fingerprint density at radius 1 is 1.12 bits per heavy atom. The van der Waals surface area contributed by atoms with Gasteiger partial charge < -0.3 is 10.1 Å². The molecule has 0 amide bonds. The quantitative estimate of drug-likeness (QED) is 0.867. The second-order valence-corrected chi connectivity index (χ2v) is 7.77. The molecule has 1 aliphatic rings. The molecule has 24 heavy (non-hydrogen) atoms. The predicted molar refractivity (Wildman–Crippen MR) is 96.3 cm³/mol. The Morgan fingerprint density at radius 2 is 1.88 bits per heavy atom. The van der Waals surface area contributed by atoms with E-state index in [1.54, 1.807) is 36.4 Å². The van der Waals surface area contributed by atoms with Crippen molar-refractivity contribution in [3.8, 4) is 5.75 Å². The number of ether oxygens (including phenoxy) is 1. The Balaban J connectivity index is 1.84. The van der Waals surface area contributed by atoms with Crippen LogP contribution in [0.15, 0.2) is 47.4 Å². The predicted octanol–water partition coefficient (Wildman–Crippen LogP) is 3.63. The Kier molecular flexibility index (Phi) is 4.66. The molecular formula is C18H22N2O3S. The fraction of sp³-hybridized carbons (Fsp3) is 0.333. The molecule has 0 saturated heterocycles. The lowest BCUT2D eigenvalue weighted by atomic mass is 10.0. The van der Waals surface area contributed by atoms with Crippen molar-refractivity contribution in [1.82, 2.24) is 0 Å². The highest BCUT2D eigenvalue weighted by Gasteiger charge is 2.22. The maximum absolute atomic E-state index is 12.8. The van der Waals surface area contributed by atoms with E-state index < -0.39 is 10.0 Å². The minimum absolute atomic E-state index is 0.0782. The van der Waals surface area contributed by atoms with Crippen LogP contribution in [0.3, 0.4) is 0 Å². The summed E-state index contributed by atoms with van der Waals surface area (Å²) in [6.07, 6.45) is 1.99. The third-order valence-electron chi connectivity index (χ3n) is 3.81. The van der Waals surface area contributed by atoms with Crippen LogP contribution in [-0.2, 0) is 16.4 Å². The van der Waals surface area contributed by atoms with E-state index in [0.29, 0.717) is 16.3 Å². The largest absolute Gasteiger partial charge is 0.491 e. The average molecular weight is 346 g/mol. The van der Waals surface area contributed by atoms with Gasteiger partial charge in [-0.25, -0.2) is 8.42 Å². The first-order chi connectivity index (χ1) is 11.5. The molecule has 128 valence electrons. The third kappa shape index (κ3) is 3.64. The van der Waals surface area contributed by atoms with Gasteiger partial charge in [-0.05, 0) is 62.6 Å². The zero-order valence-corrected chi connectivity index (χ0v) is 14.7. The summed E-state index contributed by atoms with van der Waals surface area (Å²) >= 11 is 0. The number of rotatable bonds is 5. The number of nitrogens with one attached hydrogen (secondary N) is 2. The lowest BCUT2D eigenvalue weighted by Gasteiger charge is -2.21. The first kappa shape index (κ1) is 16.6. The Morgan fingerprint density at radius 3 is 2.58 bits per heavy atom. The highest BCUT2D eigenvalue weighted by atomic mass is 32.2. The topological polar surface area (TPSA) is 67.4 Å². The fourth-order valence-corrected chi connectivity index (χ4v) is 4.07. The van der Waals surface area contributed by atoms with E-state index in [1.807, 2.05) is 19.9 Å². The van der Waals surface area contributed by atoms with Crippen molar-refractivity contribution in [2.75, 3.05) is 16.6 Å². The molecule has 0 spiro atoms. The van der Waals surface area contributed by atoms with Crippen molar-refractivity contribution in [3.63, 3.8) is 0 Å². The van der Waals surface area contributed by atoms with Crippen molar-refractivity contribution in [3.05, 3.63) is 48.0 Å². The maximum atomic E-state index is 12.8. The van der Waals surface area contributed by atoms with Crippen molar-refractivity contribution in [2.24, 2.45) is 0 Å². The molecule has 2 aromatic rings. The van der Waals surface area contributed by atoms with Crippen LogP contribution in [0, 0.1) is 0 Å². The monoisotopic (exact) mass is 346 g/mol. The van der Waals surface area contributed by atoms with E-state index in [9.17, 15) is 8.42 Å². The number of hydrogen-bond acceptors (Lipinski definition) is 4. The van der Waals surface area contributed by atoms with Crippen LogP contribution in [0.2, 0.25) is 0 Å². The molecular weight excluding hydrogens is 324 g/mol. The first-order valence-electron chi connectivity index (χ1n) is 8.11. The fourth-order valence-electron chi connectivity index (χ4n) is 2.79.